The van der Waals surface area contributed by atoms with Gasteiger partial charge in [-0.15, -0.1) is 0 Å². The van der Waals surface area contributed by atoms with E-state index in [1.54, 1.807) is 7.11 Å². The minimum absolute atomic E-state index is 0.102. The Morgan fingerprint density at radius 2 is 2.04 bits per heavy atom. The van der Waals surface area contributed by atoms with Crippen LogP contribution in [0.2, 0.25) is 0 Å². The average molecular weight is 362 g/mol. The molecule has 2 aromatic carbocycles. The number of hydrogen-bond donors (Lipinski definition) is 1. The molecule has 2 atom stereocenters. The summed E-state index contributed by atoms with van der Waals surface area (Å²) in [4.78, 5) is 18.4. The second-order valence-electron chi connectivity index (χ2n) is 7.30. The Labute approximate surface area is 160 Å². The van der Waals surface area contributed by atoms with Crippen molar-refractivity contribution in [2.45, 2.75) is 45.2 Å². The van der Waals surface area contributed by atoms with E-state index in [2.05, 4.69) is 54.1 Å². The van der Waals surface area contributed by atoms with Crippen molar-refractivity contribution in [3.8, 4) is 17.0 Å². The number of likely N-dealkylation sites (tertiary alicyclic amines) is 1. The number of nitrogens with one attached hydrogen (secondary N) is 1. The Hall–Kier alpha value is -2.75. The smallest absolute Gasteiger partial charge is 0.223 e. The molecule has 2 heterocycles. The normalized spacial score (nSPS) is 18.3. The van der Waals surface area contributed by atoms with Gasteiger partial charge in [-0.05, 0) is 38.0 Å². The number of H-pyrrole nitrogens is 1. The van der Waals surface area contributed by atoms with Gasteiger partial charge < -0.3 is 14.6 Å². The van der Waals surface area contributed by atoms with Gasteiger partial charge in [-0.1, -0.05) is 37.3 Å². The fraction of sp³-hybridized carbons (Fsp3) is 0.348. The monoisotopic (exact) mass is 362 g/mol. The lowest BCUT2D eigenvalue weighted by Crippen LogP contribution is -2.35. The molecule has 4 heteroatoms. The van der Waals surface area contributed by atoms with Crippen molar-refractivity contribution in [3.05, 3.63) is 54.1 Å². The zero-order valence-electron chi connectivity index (χ0n) is 16.2. The zero-order valence-corrected chi connectivity index (χ0v) is 16.2. The molecule has 0 unspecified atom stereocenters. The third-order valence-electron chi connectivity index (χ3n) is 5.76. The van der Waals surface area contributed by atoms with Gasteiger partial charge in [-0.2, -0.15) is 0 Å². The SMILES string of the molecule is CC[C@H](C)N1C(=O)CC[C@H]1c1c(-c2cccc(OC)c2)[nH]c2ccccc12. The largest absolute Gasteiger partial charge is 0.497 e. The molecule has 0 bridgehead atoms. The second kappa shape index (κ2) is 7.10. The maximum Gasteiger partial charge on any atom is 0.223 e. The minimum atomic E-state index is 0.102. The van der Waals surface area contributed by atoms with Crippen LogP contribution in [0, 0.1) is 0 Å². The number of hydrogen-bond acceptors (Lipinski definition) is 2. The molecule has 0 saturated carbocycles. The zero-order chi connectivity index (χ0) is 19.0. The molecule has 4 rings (SSSR count). The van der Waals surface area contributed by atoms with Crippen LogP contribution in [0.1, 0.15) is 44.7 Å². The molecule has 140 valence electrons. The van der Waals surface area contributed by atoms with Crippen LogP contribution in [0.5, 0.6) is 5.75 Å². The van der Waals surface area contributed by atoms with E-state index in [0.717, 1.165) is 35.4 Å². The summed E-state index contributed by atoms with van der Waals surface area (Å²) in [6, 6.07) is 16.8. The molecule has 4 nitrogen and oxygen atoms in total. The molecule has 0 aliphatic carbocycles. The molecule has 1 fully saturated rings. The first kappa shape index (κ1) is 17.7. The van der Waals surface area contributed by atoms with E-state index in [0.29, 0.717) is 6.42 Å². The van der Waals surface area contributed by atoms with E-state index in [1.807, 2.05) is 18.2 Å². The molecule has 0 radical (unpaired) electrons. The predicted octanol–water partition coefficient (Wildman–Crippen LogP) is 5.31. The summed E-state index contributed by atoms with van der Waals surface area (Å²) in [5, 5.41) is 1.20. The van der Waals surface area contributed by atoms with Crippen molar-refractivity contribution in [1.29, 1.82) is 0 Å². The van der Waals surface area contributed by atoms with Gasteiger partial charge in [0.05, 0.1) is 18.8 Å². The Morgan fingerprint density at radius 3 is 2.81 bits per heavy atom. The number of methoxy groups -OCH3 is 1. The van der Waals surface area contributed by atoms with Gasteiger partial charge in [0.2, 0.25) is 5.91 Å². The van der Waals surface area contributed by atoms with Crippen LogP contribution in [0.15, 0.2) is 48.5 Å². The third-order valence-corrected chi connectivity index (χ3v) is 5.76. The van der Waals surface area contributed by atoms with Crippen LogP contribution in [-0.2, 0) is 4.79 Å². The molecule has 1 aliphatic heterocycles. The summed E-state index contributed by atoms with van der Waals surface area (Å²) in [5.41, 5.74) is 4.51. The van der Waals surface area contributed by atoms with Crippen molar-refractivity contribution < 1.29 is 9.53 Å². The highest BCUT2D eigenvalue weighted by Crippen LogP contribution is 2.43. The Morgan fingerprint density at radius 1 is 1.22 bits per heavy atom. The van der Waals surface area contributed by atoms with Gasteiger partial charge in [-0.3, -0.25) is 4.79 Å². The van der Waals surface area contributed by atoms with Gasteiger partial charge >= 0.3 is 0 Å². The van der Waals surface area contributed by atoms with Crippen molar-refractivity contribution in [1.82, 2.24) is 9.88 Å². The Bertz CT molecular complexity index is 975. The topological polar surface area (TPSA) is 45.3 Å². The van der Waals surface area contributed by atoms with E-state index in [-0.39, 0.29) is 18.0 Å². The lowest BCUT2D eigenvalue weighted by molar-refractivity contribution is -0.131. The first-order valence-corrected chi connectivity index (χ1v) is 9.70. The summed E-state index contributed by atoms with van der Waals surface area (Å²) in [5.74, 6) is 1.09. The van der Waals surface area contributed by atoms with E-state index >= 15 is 0 Å². The number of carbonyl (C=O) groups excluding carboxylic acids is 1. The number of carbonyl (C=O) groups is 1. The average Bonchev–Trinajstić information content (AvgIpc) is 3.27. The molecule has 1 aliphatic rings. The molecule has 27 heavy (non-hydrogen) atoms. The van der Waals surface area contributed by atoms with Gasteiger partial charge in [0, 0.05) is 34.5 Å². The van der Waals surface area contributed by atoms with Crippen LogP contribution in [0.25, 0.3) is 22.2 Å². The van der Waals surface area contributed by atoms with Crippen LogP contribution in [-0.4, -0.2) is 28.9 Å². The van der Waals surface area contributed by atoms with Gasteiger partial charge in [-0.25, -0.2) is 0 Å². The highest BCUT2D eigenvalue weighted by molar-refractivity contribution is 5.93. The van der Waals surface area contributed by atoms with Gasteiger partial charge in [0.25, 0.3) is 0 Å². The first-order chi connectivity index (χ1) is 13.1. The number of ether oxygens (including phenoxy) is 1. The Kier molecular flexibility index (Phi) is 4.65. The molecular weight excluding hydrogens is 336 g/mol. The molecule has 1 N–H and O–H groups in total. The Balaban J connectivity index is 1.92. The molecule has 1 amide bonds. The van der Waals surface area contributed by atoms with Crippen LogP contribution < -0.4 is 4.74 Å². The number of fused-ring (bicyclic) bond motifs is 1. The van der Waals surface area contributed by atoms with Crippen molar-refractivity contribution in [3.63, 3.8) is 0 Å². The quantitative estimate of drug-likeness (QED) is 0.669. The number of aromatic amines is 1. The minimum Gasteiger partial charge on any atom is -0.497 e. The first-order valence-electron chi connectivity index (χ1n) is 9.70. The van der Waals surface area contributed by atoms with E-state index in [4.69, 9.17) is 4.74 Å². The summed E-state index contributed by atoms with van der Waals surface area (Å²) >= 11 is 0. The number of rotatable bonds is 5. The van der Waals surface area contributed by atoms with Crippen LogP contribution in [0.4, 0.5) is 0 Å². The number of amides is 1. The molecule has 3 aromatic rings. The summed E-state index contributed by atoms with van der Waals surface area (Å²) in [6.07, 6.45) is 2.44. The van der Waals surface area contributed by atoms with Gasteiger partial charge in [0.15, 0.2) is 0 Å². The maximum atomic E-state index is 12.7. The summed E-state index contributed by atoms with van der Waals surface area (Å²) in [7, 11) is 1.69. The fourth-order valence-corrected chi connectivity index (χ4v) is 4.25. The molecular formula is C23H26N2O2. The molecule has 1 saturated heterocycles. The van der Waals surface area contributed by atoms with E-state index in [1.165, 1.54) is 10.9 Å². The summed E-state index contributed by atoms with van der Waals surface area (Å²) in [6.45, 7) is 4.29. The highest BCUT2D eigenvalue weighted by atomic mass is 16.5. The lowest BCUT2D eigenvalue weighted by Gasteiger charge is -2.31. The molecule has 0 spiro atoms. The number of benzene rings is 2. The van der Waals surface area contributed by atoms with Crippen molar-refractivity contribution >= 4 is 16.8 Å². The highest BCUT2D eigenvalue weighted by Gasteiger charge is 2.37. The van der Waals surface area contributed by atoms with Crippen molar-refractivity contribution in [2.75, 3.05) is 7.11 Å². The number of aromatic nitrogens is 1. The fourth-order valence-electron chi connectivity index (χ4n) is 4.25. The third kappa shape index (κ3) is 2.99. The van der Waals surface area contributed by atoms with E-state index < -0.39 is 0 Å². The predicted molar refractivity (Wildman–Crippen MR) is 109 cm³/mol. The lowest BCUT2D eigenvalue weighted by atomic mass is 9.96. The number of nitrogens with zero attached hydrogens (tertiary/aromatic N) is 1. The standard InChI is InChI=1S/C23H26N2O2/c1-4-15(2)25-20(12-13-21(25)26)22-18-10-5-6-11-19(18)24-23(22)16-8-7-9-17(14-16)27-3/h5-11,14-15,20,24H,4,12-13H2,1-3H3/t15-,20-/m0/s1. The maximum absolute atomic E-state index is 12.7. The van der Waals surface area contributed by atoms with E-state index in [9.17, 15) is 4.79 Å². The second-order valence-corrected chi connectivity index (χ2v) is 7.30. The van der Waals surface area contributed by atoms with Crippen molar-refractivity contribution in [2.24, 2.45) is 0 Å². The number of para-hydroxylation sites is 1. The summed E-state index contributed by atoms with van der Waals surface area (Å²) < 4.78 is 5.43. The van der Waals surface area contributed by atoms with Crippen LogP contribution in [0.3, 0.4) is 0 Å². The van der Waals surface area contributed by atoms with Crippen LogP contribution >= 0.6 is 0 Å². The molecule has 1 aromatic heterocycles. The van der Waals surface area contributed by atoms with Gasteiger partial charge in [0.1, 0.15) is 5.75 Å².